The van der Waals surface area contributed by atoms with Crippen molar-refractivity contribution in [3.05, 3.63) is 29.0 Å². The van der Waals surface area contributed by atoms with E-state index >= 15 is 0 Å². The van der Waals surface area contributed by atoms with Crippen LogP contribution in [0.3, 0.4) is 0 Å². The first kappa shape index (κ1) is 15.8. The topological polar surface area (TPSA) is 62.3 Å². The van der Waals surface area contributed by atoms with Gasteiger partial charge in [0.2, 0.25) is 5.91 Å². The van der Waals surface area contributed by atoms with Gasteiger partial charge < -0.3 is 10.2 Å². The summed E-state index contributed by atoms with van der Waals surface area (Å²) >= 11 is 5.70. The Kier molecular flexibility index (Phi) is 5.17. The molecule has 0 saturated carbocycles. The van der Waals surface area contributed by atoms with Crippen LogP contribution in [0.25, 0.3) is 0 Å². The second-order valence-electron chi connectivity index (χ2n) is 5.60. The van der Waals surface area contributed by atoms with E-state index in [0.29, 0.717) is 23.8 Å². The lowest BCUT2D eigenvalue weighted by Gasteiger charge is -2.33. The van der Waals surface area contributed by atoms with E-state index in [2.05, 4.69) is 10.3 Å². The summed E-state index contributed by atoms with van der Waals surface area (Å²) in [5.74, 6) is 0.0609. The molecule has 1 aromatic rings. The van der Waals surface area contributed by atoms with E-state index < -0.39 is 0 Å². The molecule has 0 spiro atoms. The molecule has 1 aromatic heterocycles. The highest BCUT2D eigenvalue weighted by molar-refractivity contribution is 6.29. The summed E-state index contributed by atoms with van der Waals surface area (Å²) in [6, 6.07) is 3.35. The molecule has 0 unspecified atom stereocenters. The second kappa shape index (κ2) is 6.89. The van der Waals surface area contributed by atoms with E-state index in [-0.39, 0.29) is 23.8 Å². The van der Waals surface area contributed by atoms with Gasteiger partial charge in [-0.25, -0.2) is 4.98 Å². The van der Waals surface area contributed by atoms with Gasteiger partial charge in [0.25, 0.3) is 5.91 Å². The van der Waals surface area contributed by atoms with E-state index in [1.165, 1.54) is 6.20 Å². The molecule has 0 atom stereocenters. The highest BCUT2D eigenvalue weighted by Gasteiger charge is 2.25. The first-order chi connectivity index (χ1) is 9.97. The summed E-state index contributed by atoms with van der Waals surface area (Å²) in [6.45, 7) is 5.20. The highest BCUT2D eigenvalue weighted by atomic mass is 35.5. The Hall–Kier alpha value is -1.62. The molecule has 1 N–H and O–H groups in total. The molecule has 2 amide bonds. The maximum absolute atomic E-state index is 12.1. The summed E-state index contributed by atoms with van der Waals surface area (Å²) in [6.07, 6.45) is 3.03. The van der Waals surface area contributed by atoms with Crippen molar-refractivity contribution >= 4 is 23.4 Å². The van der Waals surface area contributed by atoms with Crippen molar-refractivity contribution in [1.29, 1.82) is 0 Å². The quantitative estimate of drug-likeness (QED) is 0.870. The summed E-state index contributed by atoms with van der Waals surface area (Å²) in [5.41, 5.74) is 0.500. The van der Waals surface area contributed by atoms with Crippen LogP contribution >= 0.6 is 11.6 Å². The number of carbonyl (C=O) groups excluding carboxylic acids is 2. The molecule has 1 fully saturated rings. The fourth-order valence-electron chi connectivity index (χ4n) is 2.39. The van der Waals surface area contributed by atoms with Crippen LogP contribution in [0.15, 0.2) is 18.3 Å². The van der Waals surface area contributed by atoms with Gasteiger partial charge in [-0.2, -0.15) is 0 Å². The van der Waals surface area contributed by atoms with E-state index in [1.54, 1.807) is 12.1 Å². The normalized spacial score (nSPS) is 16.1. The number of halogens is 1. The SMILES string of the molecule is CC(C)C(=O)N1CCC(NC(=O)c2ccc(Cl)nc2)CC1. The van der Waals surface area contributed by atoms with E-state index in [0.717, 1.165) is 12.8 Å². The molecule has 114 valence electrons. The minimum atomic E-state index is -0.146. The summed E-state index contributed by atoms with van der Waals surface area (Å²) in [5, 5.41) is 3.35. The Labute approximate surface area is 129 Å². The Bertz CT molecular complexity index is 508. The van der Waals surface area contributed by atoms with Crippen molar-refractivity contribution in [2.45, 2.75) is 32.7 Å². The summed E-state index contributed by atoms with van der Waals surface area (Å²) in [4.78, 5) is 29.7. The van der Waals surface area contributed by atoms with Gasteiger partial charge in [-0.15, -0.1) is 0 Å². The standard InChI is InChI=1S/C15H20ClN3O2/c1-10(2)15(21)19-7-5-12(6-8-19)18-14(20)11-3-4-13(16)17-9-11/h3-4,9-10,12H,5-8H2,1-2H3,(H,18,20). The fraction of sp³-hybridized carbons (Fsp3) is 0.533. The van der Waals surface area contributed by atoms with E-state index in [1.807, 2.05) is 18.7 Å². The molecular weight excluding hydrogens is 290 g/mol. The molecule has 1 saturated heterocycles. The molecular formula is C15H20ClN3O2. The van der Waals surface area contributed by atoms with Crippen LogP contribution < -0.4 is 5.32 Å². The van der Waals surface area contributed by atoms with Gasteiger partial charge in [0, 0.05) is 31.2 Å². The van der Waals surface area contributed by atoms with Crippen LogP contribution in [-0.4, -0.2) is 40.8 Å². The number of carbonyl (C=O) groups is 2. The zero-order chi connectivity index (χ0) is 15.4. The molecule has 0 bridgehead atoms. The van der Waals surface area contributed by atoms with E-state index in [9.17, 15) is 9.59 Å². The number of aromatic nitrogens is 1. The van der Waals surface area contributed by atoms with E-state index in [4.69, 9.17) is 11.6 Å². The Morgan fingerprint density at radius 2 is 2.00 bits per heavy atom. The lowest BCUT2D eigenvalue weighted by atomic mass is 10.0. The molecule has 21 heavy (non-hydrogen) atoms. The lowest BCUT2D eigenvalue weighted by molar-refractivity contribution is -0.135. The Morgan fingerprint density at radius 3 is 2.52 bits per heavy atom. The van der Waals surface area contributed by atoms with Crippen molar-refractivity contribution in [3.63, 3.8) is 0 Å². The minimum Gasteiger partial charge on any atom is -0.349 e. The predicted octanol–water partition coefficient (Wildman–Crippen LogP) is 2.11. The summed E-state index contributed by atoms with van der Waals surface area (Å²) in [7, 11) is 0. The first-order valence-corrected chi connectivity index (χ1v) is 7.56. The minimum absolute atomic E-state index is 0.0243. The zero-order valence-corrected chi connectivity index (χ0v) is 13.1. The van der Waals surface area contributed by atoms with Crippen LogP contribution in [-0.2, 0) is 4.79 Å². The number of likely N-dealkylation sites (tertiary alicyclic amines) is 1. The van der Waals surface area contributed by atoms with Crippen LogP contribution in [0, 0.1) is 5.92 Å². The second-order valence-corrected chi connectivity index (χ2v) is 5.98. The van der Waals surface area contributed by atoms with Crippen LogP contribution in [0.5, 0.6) is 0 Å². The number of nitrogens with one attached hydrogen (secondary N) is 1. The Morgan fingerprint density at radius 1 is 1.33 bits per heavy atom. The number of hydrogen-bond donors (Lipinski definition) is 1. The molecule has 1 aliphatic heterocycles. The molecule has 5 nitrogen and oxygen atoms in total. The maximum atomic E-state index is 12.1. The average molecular weight is 310 g/mol. The van der Waals surface area contributed by atoms with Gasteiger partial charge in [-0.3, -0.25) is 9.59 Å². The molecule has 2 rings (SSSR count). The predicted molar refractivity (Wildman–Crippen MR) is 81.2 cm³/mol. The molecule has 2 heterocycles. The van der Waals surface area contributed by atoms with Crippen molar-refractivity contribution in [1.82, 2.24) is 15.2 Å². The van der Waals surface area contributed by atoms with Crippen LogP contribution in [0.2, 0.25) is 5.15 Å². The third kappa shape index (κ3) is 4.17. The third-order valence-electron chi connectivity index (χ3n) is 3.63. The van der Waals surface area contributed by atoms with Crippen LogP contribution in [0.4, 0.5) is 0 Å². The summed E-state index contributed by atoms with van der Waals surface area (Å²) < 4.78 is 0. The molecule has 0 aliphatic carbocycles. The van der Waals surface area contributed by atoms with Crippen molar-refractivity contribution in [2.24, 2.45) is 5.92 Å². The number of amides is 2. The molecule has 0 aromatic carbocycles. The van der Waals surface area contributed by atoms with Crippen LogP contribution in [0.1, 0.15) is 37.0 Å². The van der Waals surface area contributed by atoms with Crippen molar-refractivity contribution in [2.75, 3.05) is 13.1 Å². The van der Waals surface area contributed by atoms with Gasteiger partial charge in [-0.1, -0.05) is 25.4 Å². The number of nitrogens with zero attached hydrogens (tertiary/aromatic N) is 2. The molecule has 1 aliphatic rings. The average Bonchev–Trinajstić information content (AvgIpc) is 2.47. The van der Waals surface area contributed by atoms with Crippen molar-refractivity contribution in [3.8, 4) is 0 Å². The van der Waals surface area contributed by atoms with Gasteiger partial charge in [0.15, 0.2) is 0 Å². The zero-order valence-electron chi connectivity index (χ0n) is 12.3. The Balaban J connectivity index is 1.84. The number of rotatable bonds is 3. The largest absolute Gasteiger partial charge is 0.349 e. The third-order valence-corrected chi connectivity index (χ3v) is 3.85. The first-order valence-electron chi connectivity index (χ1n) is 7.18. The van der Waals surface area contributed by atoms with Gasteiger partial charge in [-0.05, 0) is 25.0 Å². The molecule has 0 radical (unpaired) electrons. The van der Waals surface area contributed by atoms with Gasteiger partial charge in [0.05, 0.1) is 5.56 Å². The monoisotopic (exact) mass is 309 g/mol. The smallest absolute Gasteiger partial charge is 0.253 e. The fourth-order valence-corrected chi connectivity index (χ4v) is 2.50. The molecule has 6 heteroatoms. The maximum Gasteiger partial charge on any atom is 0.253 e. The number of pyridine rings is 1. The van der Waals surface area contributed by atoms with Gasteiger partial charge >= 0.3 is 0 Å². The van der Waals surface area contributed by atoms with Gasteiger partial charge in [0.1, 0.15) is 5.15 Å². The lowest BCUT2D eigenvalue weighted by Crippen LogP contribution is -2.47. The number of piperidine rings is 1. The highest BCUT2D eigenvalue weighted by Crippen LogP contribution is 2.14. The van der Waals surface area contributed by atoms with Crippen molar-refractivity contribution < 1.29 is 9.59 Å². The number of hydrogen-bond acceptors (Lipinski definition) is 3.